The summed E-state index contributed by atoms with van der Waals surface area (Å²) < 4.78 is 18.1. The van der Waals surface area contributed by atoms with Gasteiger partial charge in [0.25, 0.3) is 0 Å². The molecule has 0 atom stereocenters. The van der Waals surface area contributed by atoms with Crippen LogP contribution in [0, 0.1) is 0 Å². The van der Waals surface area contributed by atoms with E-state index in [9.17, 15) is 4.79 Å². The average molecular weight is 405 g/mol. The molecule has 0 spiro atoms. The molecule has 146 valence electrons. The van der Waals surface area contributed by atoms with E-state index in [2.05, 4.69) is 4.98 Å². The molecule has 0 aliphatic rings. The number of thiophene rings is 1. The van der Waals surface area contributed by atoms with Crippen LogP contribution in [0.5, 0.6) is 17.2 Å². The zero-order chi connectivity index (χ0) is 20.1. The highest BCUT2D eigenvalue weighted by atomic mass is 32.1. The van der Waals surface area contributed by atoms with E-state index in [1.807, 2.05) is 60.7 Å². The Morgan fingerprint density at radius 1 is 1.03 bits per heavy atom. The molecule has 6 heteroatoms. The maximum Gasteiger partial charge on any atom is 0.352 e. The third kappa shape index (κ3) is 4.38. The summed E-state index contributed by atoms with van der Waals surface area (Å²) >= 11 is 1.34. The molecular weight excluding hydrogens is 386 g/mol. The van der Waals surface area contributed by atoms with Gasteiger partial charge in [-0.2, -0.15) is 0 Å². The minimum absolute atomic E-state index is 0.303. The van der Waals surface area contributed by atoms with E-state index in [-0.39, 0.29) is 0 Å². The standard InChI is InChI=1S/C23H19NO4S/c1-2-26-23(25)22-21(28-17-8-4-3-5-9-17)19-11-10-18(13-20(19)29-22)27-15-16-7-6-12-24-14-16/h3-14H,2,15H2,1H3. The number of fused-ring (bicyclic) bond motifs is 1. The summed E-state index contributed by atoms with van der Waals surface area (Å²) in [6.07, 6.45) is 3.50. The number of hydrogen-bond donors (Lipinski definition) is 0. The lowest BCUT2D eigenvalue weighted by Gasteiger charge is -2.08. The third-order valence-corrected chi connectivity index (χ3v) is 5.28. The van der Waals surface area contributed by atoms with Gasteiger partial charge in [-0.05, 0) is 43.3 Å². The van der Waals surface area contributed by atoms with Gasteiger partial charge in [0, 0.05) is 28.0 Å². The van der Waals surface area contributed by atoms with E-state index >= 15 is 0 Å². The van der Waals surface area contributed by atoms with Crippen LogP contribution in [0.15, 0.2) is 73.1 Å². The van der Waals surface area contributed by atoms with Gasteiger partial charge in [0.1, 0.15) is 18.1 Å². The van der Waals surface area contributed by atoms with Gasteiger partial charge in [0.2, 0.25) is 0 Å². The first-order chi connectivity index (χ1) is 14.2. The Kier molecular flexibility index (Phi) is 5.72. The Labute approximate surface area is 172 Å². The molecule has 0 unspecified atom stereocenters. The summed E-state index contributed by atoms with van der Waals surface area (Å²) in [5.41, 5.74) is 0.985. The number of esters is 1. The Hall–Kier alpha value is -3.38. The zero-order valence-corrected chi connectivity index (χ0v) is 16.6. The number of carbonyl (C=O) groups is 1. The number of carbonyl (C=O) groups excluding carboxylic acids is 1. The molecule has 0 aliphatic heterocycles. The second-order valence-electron chi connectivity index (χ2n) is 6.20. The highest BCUT2D eigenvalue weighted by Crippen LogP contribution is 2.42. The van der Waals surface area contributed by atoms with Crippen molar-refractivity contribution in [1.29, 1.82) is 0 Å². The number of aromatic nitrogens is 1. The van der Waals surface area contributed by atoms with E-state index in [4.69, 9.17) is 14.2 Å². The lowest BCUT2D eigenvalue weighted by molar-refractivity contribution is 0.0529. The quantitative estimate of drug-likeness (QED) is 0.361. The highest BCUT2D eigenvalue weighted by Gasteiger charge is 2.22. The third-order valence-electron chi connectivity index (χ3n) is 4.17. The summed E-state index contributed by atoms with van der Waals surface area (Å²) in [6.45, 7) is 2.51. The molecule has 0 saturated heterocycles. The lowest BCUT2D eigenvalue weighted by Crippen LogP contribution is -2.03. The zero-order valence-electron chi connectivity index (χ0n) is 15.8. The van der Waals surface area contributed by atoms with Crippen LogP contribution in [0.4, 0.5) is 0 Å². The van der Waals surface area contributed by atoms with Gasteiger partial charge in [0.15, 0.2) is 10.6 Å². The minimum Gasteiger partial charge on any atom is -0.489 e. The van der Waals surface area contributed by atoms with Crippen LogP contribution >= 0.6 is 11.3 Å². The smallest absolute Gasteiger partial charge is 0.352 e. The van der Waals surface area contributed by atoms with E-state index < -0.39 is 5.97 Å². The SMILES string of the molecule is CCOC(=O)c1sc2cc(OCc3cccnc3)ccc2c1Oc1ccccc1. The average Bonchev–Trinajstić information content (AvgIpc) is 3.12. The van der Waals surface area contributed by atoms with Crippen molar-refractivity contribution >= 4 is 27.4 Å². The number of benzene rings is 2. The Morgan fingerprint density at radius 2 is 1.90 bits per heavy atom. The van der Waals surface area contributed by atoms with Crippen molar-refractivity contribution in [2.24, 2.45) is 0 Å². The van der Waals surface area contributed by atoms with Crippen LogP contribution in [0.2, 0.25) is 0 Å². The number of ether oxygens (including phenoxy) is 3. The molecule has 0 aliphatic carbocycles. The van der Waals surface area contributed by atoms with Crippen LogP contribution < -0.4 is 9.47 Å². The van der Waals surface area contributed by atoms with Gasteiger partial charge < -0.3 is 14.2 Å². The van der Waals surface area contributed by atoms with Gasteiger partial charge in [-0.15, -0.1) is 11.3 Å². The van der Waals surface area contributed by atoms with Gasteiger partial charge in [-0.25, -0.2) is 4.79 Å². The fraction of sp³-hybridized carbons (Fsp3) is 0.130. The maximum atomic E-state index is 12.5. The minimum atomic E-state index is -0.391. The second kappa shape index (κ2) is 8.75. The molecular formula is C23H19NO4S. The first-order valence-corrected chi connectivity index (χ1v) is 10.0. The molecule has 0 N–H and O–H groups in total. The Balaban J connectivity index is 1.66. The number of nitrogens with zero attached hydrogens (tertiary/aromatic N) is 1. The van der Waals surface area contributed by atoms with Crippen molar-refractivity contribution in [3.05, 3.63) is 83.5 Å². The number of pyridine rings is 1. The molecule has 5 nitrogen and oxygen atoms in total. The van der Waals surface area contributed by atoms with E-state index in [1.165, 1.54) is 11.3 Å². The van der Waals surface area contributed by atoms with Crippen molar-refractivity contribution in [3.8, 4) is 17.2 Å². The summed E-state index contributed by atoms with van der Waals surface area (Å²) in [4.78, 5) is 17.0. The first-order valence-electron chi connectivity index (χ1n) is 9.23. The molecule has 2 aromatic heterocycles. The predicted octanol–water partition coefficient (Wildman–Crippen LogP) is 5.84. The molecule has 29 heavy (non-hydrogen) atoms. The summed E-state index contributed by atoms with van der Waals surface area (Å²) in [5, 5.41) is 0.843. The molecule has 0 fully saturated rings. The summed E-state index contributed by atoms with van der Waals surface area (Å²) in [5.74, 6) is 1.49. The van der Waals surface area contributed by atoms with Gasteiger partial charge in [-0.1, -0.05) is 24.3 Å². The fourth-order valence-electron chi connectivity index (χ4n) is 2.83. The molecule has 4 rings (SSSR count). The van der Waals surface area contributed by atoms with Gasteiger partial charge >= 0.3 is 5.97 Å². The van der Waals surface area contributed by atoms with E-state index in [0.29, 0.717) is 35.3 Å². The van der Waals surface area contributed by atoms with Crippen LogP contribution in [0.3, 0.4) is 0 Å². The van der Waals surface area contributed by atoms with Crippen molar-refractivity contribution in [2.45, 2.75) is 13.5 Å². The molecule has 0 saturated carbocycles. The Morgan fingerprint density at radius 3 is 2.66 bits per heavy atom. The largest absolute Gasteiger partial charge is 0.489 e. The number of hydrogen-bond acceptors (Lipinski definition) is 6. The molecule has 2 heterocycles. The van der Waals surface area contributed by atoms with Crippen LogP contribution in [-0.4, -0.2) is 17.6 Å². The van der Waals surface area contributed by atoms with Gasteiger partial charge in [-0.3, -0.25) is 4.98 Å². The van der Waals surface area contributed by atoms with E-state index in [0.717, 1.165) is 15.6 Å². The highest BCUT2D eigenvalue weighted by molar-refractivity contribution is 7.21. The monoisotopic (exact) mass is 405 g/mol. The maximum absolute atomic E-state index is 12.5. The second-order valence-corrected chi connectivity index (χ2v) is 7.26. The molecule has 0 bridgehead atoms. The summed E-state index contributed by atoms with van der Waals surface area (Å²) in [7, 11) is 0. The fourth-order valence-corrected chi connectivity index (χ4v) is 3.88. The number of para-hydroxylation sites is 1. The van der Waals surface area contributed by atoms with Crippen LogP contribution in [0.1, 0.15) is 22.2 Å². The molecule has 4 aromatic rings. The van der Waals surface area contributed by atoms with Crippen LogP contribution in [0.25, 0.3) is 10.1 Å². The summed E-state index contributed by atoms with van der Waals surface area (Å²) in [6, 6.07) is 18.9. The molecule has 0 radical (unpaired) electrons. The van der Waals surface area contributed by atoms with Crippen molar-refractivity contribution < 1.29 is 19.0 Å². The predicted molar refractivity (Wildman–Crippen MR) is 113 cm³/mol. The topological polar surface area (TPSA) is 57.7 Å². The lowest BCUT2D eigenvalue weighted by atomic mass is 10.2. The normalized spacial score (nSPS) is 10.7. The van der Waals surface area contributed by atoms with E-state index in [1.54, 1.807) is 19.3 Å². The van der Waals surface area contributed by atoms with Crippen molar-refractivity contribution in [3.63, 3.8) is 0 Å². The molecule has 0 amide bonds. The van der Waals surface area contributed by atoms with Crippen LogP contribution in [-0.2, 0) is 11.3 Å². The molecule has 2 aromatic carbocycles. The van der Waals surface area contributed by atoms with Crippen molar-refractivity contribution in [1.82, 2.24) is 4.98 Å². The van der Waals surface area contributed by atoms with Crippen molar-refractivity contribution in [2.75, 3.05) is 6.61 Å². The van der Waals surface area contributed by atoms with Gasteiger partial charge in [0.05, 0.1) is 6.61 Å². The first kappa shape index (κ1) is 19.0. The Bertz CT molecular complexity index is 1110. The number of rotatable bonds is 7.